The molecule has 37 heavy (non-hydrogen) atoms. The summed E-state index contributed by atoms with van der Waals surface area (Å²) >= 11 is 0. The molecule has 2 aromatic carbocycles. The summed E-state index contributed by atoms with van der Waals surface area (Å²) in [5.41, 5.74) is 3.83. The topological polar surface area (TPSA) is 33.0 Å². The minimum atomic E-state index is -0.0947. The molecule has 3 rings (SSSR count). The third-order valence-corrected chi connectivity index (χ3v) is 8.61. The lowest BCUT2D eigenvalue weighted by Gasteiger charge is -2.36. The monoisotopic (exact) mass is 501 g/mol. The van der Waals surface area contributed by atoms with Crippen LogP contribution in [-0.4, -0.2) is 6.61 Å². The van der Waals surface area contributed by atoms with Gasteiger partial charge in [-0.2, -0.15) is 5.26 Å². The number of rotatable bonds is 15. The predicted molar refractivity (Wildman–Crippen MR) is 158 cm³/mol. The number of benzene rings is 2. The Bertz CT molecular complexity index is 929. The van der Waals surface area contributed by atoms with Gasteiger partial charge in [0.15, 0.2) is 0 Å². The maximum atomic E-state index is 10.1. The lowest BCUT2D eigenvalue weighted by molar-refractivity contribution is 0.211. The van der Waals surface area contributed by atoms with E-state index in [0.29, 0.717) is 5.92 Å². The van der Waals surface area contributed by atoms with Crippen LogP contribution in [0.5, 0.6) is 5.75 Å². The molecule has 0 spiro atoms. The van der Waals surface area contributed by atoms with Crippen LogP contribution >= 0.6 is 0 Å². The Kier molecular flexibility index (Phi) is 12.0. The molecular formula is C35H51NO. The van der Waals surface area contributed by atoms with Gasteiger partial charge >= 0.3 is 0 Å². The maximum absolute atomic E-state index is 10.1. The summed E-state index contributed by atoms with van der Waals surface area (Å²) in [4.78, 5) is 0. The van der Waals surface area contributed by atoms with Crippen molar-refractivity contribution in [2.45, 2.75) is 117 Å². The highest BCUT2D eigenvalue weighted by Gasteiger charge is 2.35. The number of ether oxygens (including phenoxy) is 1. The van der Waals surface area contributed by atoms with Crippen molar-refractivity contribution in [1.29, 1.82) is 5.26 Å². The molecule has 0 aliphatic heterocycles. The van der Waals surface area contributed by atoms with Crippen LogP contribution in [0, 0.1) is 28.6 Å². The van der Waals surface area contributed by atoms with E-state index in [0.717, 1.165) is 62.7 Å². The van der Waals surface area contributed by atoms with Crippen LogP contribution in [-0.2, 0) is 0 Å². The molecule has 1 atom stereocenters. The second-order valence-electron chi connectivity index (χ2n) is 12.2. The Morgan fingerprint density at radius 1 is 0.838 bits per heavy atom. The number of hydrogen-bond acceptors (Lipinski definition) is 2. The molecule has 2 heteroatoms. The van der Waals surface area contributed by atoms with Crippen molar-refractivity contribution < 1.29 is 4.74 Å². The van der Waals surface area contributed by atoms with Gasteiger partial charge in [0.2, 0.25) is 0 Å². The summed E-state index contributed by atoms with van der Waals surface area (Å²) in [5.74, 6) is 3.08. The average molecular weight is 502 g/mol. The molecule has 0 N–H and O–H groups in total. The molecule has 0 amide bonds. The minimum absolute atomic E-state index is 0.0947. The van der Waals surface area contributed by atoms with Gasteiger partial charge in [0.05, 0.1) is 18.1 Å². The first-order valence-corrected chi connectivity index (χ1v) is 15.2. The van der Waals surface area contributed by atoms with Crippen molar-refractivity contribution in [2.75, 3.05) is 6.61 Å². The smallest absolute Gasteiger partial charge is 0.119 e. The Labute approximate surface area is 227 Å². The van der Waals surface area contributed by atoms with Crippen LogP contribution in [0.2, 0.25) is 0 Å². The molecule has 0 aromatic heterocycles. The average Bonchev–Trinajstić information content (AvgIpc) is 2.92. The van der Waals surface area contributed by atoms with Gasteiger partial charge in [-0.05, 0) is 91.5 Å². The standard InChI is InChI=1S/C35H51NO/c1-5-6-7-8-26-37-34-18-16-32(17-19-34)30-12-14-31(15-13-30)33-21-24-35(27-36,25-22-33)23-20-29(4)11-9-10-28(2)3/h12-19,28-29,33H,5-11,20-26H2,1-4H3. The molecule has 1 aliphatic rings. The van der Waals surface area contributed by atoms with Crippen LogP contribution in [0.3, 0.4) is 0 Å². The number of nitriles is 1. The van der Waals surface area contributed by atoms with E-state index >= 15 is 0 Å². The van der Waals surface area contributed by atoms with Gasteiger partial charge in [-0.15, -0.1) is 0 Å². The first-order chi connectivity index (χ1) is 17.9. The van der Waals surface area contributed by atoms with E-state index in [9.17, 15) is 5.26 Å². The van der Waals surface area contributed by atoms with Gasteiger partial charge in [0.25, 0.3) is 0 Å². The van der Waals surface area contributed by atoms with Crippen LogP contribution in [0.15, 0.2) is 48.5 Å². The Morgan fingerprint density at radius 2 is 1.49 bits per heavy atom. The lowest BCUT2D eigenvalue weighted by Crippen LogP contribution is -2.26. The quantitative estimate of drug-likeness (QED) is 0.227. The zero-order valence-electron chi connectivity index (χ0n) is 24.1. The highest BCUT2D eigenvalue weighted by Crippen LogP contribution is 2.46. The lowest BCUT2D eigenvalue weighted by atomic mass is 9.67. The van der Waals surface area contributed by atoms with Gasteiger partial charge in [0.1, 0.15) is 5.75 Å². The highest BCUT2D eigenvalue weighted by atomic mass is 16.5. The normalized spacial score (nSPS) is 20.5. The van der Waals surface area contributed by atoms with E-state index in [1.54, 1.807) is 0 Å². The van der Waals surface area contributed by atoms with E-state index in [-0.39, 0.29) is 5.41 Å². The predicted octanol–water partition coefficient (Wildman–Crippen LogP) is 10.7. The third-order valence-electron chi connectivity index (χ3n) is 8.61. The first-order valence-electron chi connectivity index (χ1n) is 15.2. The van der Waals surface area contributed by atoms with E-state index in [1.165, 1.54) is 61.6 Å². The number of unbranched alkanes of at least 4 members (excludes halogenated alkanes) is 3. The molecule has 2 aromatic rings. The van der Waals surface area contributed by atoms with E-state index < -0.39 is 0 Å². The SMILES string of the molecule is CCCCCCOc1ccc(-c2ccc(C3CCC(C#N)(CCC(C)CCCC(C)C)CC3)cc2)cc1. The van der Waals surface area contributed by atoms with Gasteiger partial charge in [-0.3, -0.25) is 0 Å². The fourth-order valence-electron chi connectivity index (χ4n) is 5.87. The van der Waals surface area contributed by atoms with Gasteiger partial charge in [0, 0.05) is 0 Å². The highest BCUT2D eigenvalue weighted by molar-refractivity contribution is 5.64. The molecule has 1 fully saturated rings. The van der Waals surface area contributed by atoms with Crippen molar-refractivity contribution >= 4 is 0 Å². The van der Waals surface area contributed by atoms with Crippen molar-refractivity contribution in [3.8, 4) is 22.9 Å². The Hall–Kier alpha value is -2.27. The molecule has 2 nitrogen and oxygen atoms in total. The summed E-state index contributed by atoms with van der Waals surface area (Å²) in [5, 5.41) is 10.1. The molecular weight excluding hydrogens is 450 g/mol. The van der Waals surface area contributed by atoms with Crippen LogP contribution in [0.4, 0.5) is 0 Å². The molecule has 0 radical (unpaired) electrons. The number of hydrogen-bond donors (Lipinski definition) is 0. The molecule has 202 valence electrons. The summed E-state index contributed by atoms with van der Waals surface area (Å²) in [6.07, 6.45) is 15.5. The zero-order valence-corrected chi connectivity index (χ0v) is 24.1. The number of nitrogens with zero attached hydrogens (tertiary/aromatic N) is 1. The van der Waals surface area contributed by atoms with E-state index in [4.69, 9.17) is 4.74 Å². The molecule has 0 saturated heterocycles. The maximum Gasteiger partial charge on any atom is 0.119 e. The Morgan fingerprint density at radius 3 is 2.08 bits per heavy atom. The van der Waals surface area contributed by atoms with E-state index in [2.05, 4.69) is 82.3 Å². The molecule has 1 aliphatic carbocycles. The van der Waals surface area contributed by atoms with Gasteiger partial charge in [-0.1, -0.05) is 103 Å². The summed E-state index contributed by atoms with van der Waals surface area (Å²) in [6.45, 7) is 10.0. The second-order valence-corrected chi connectivity index (χ2v) is 12.2. The molecule has 0 bridgehead atoms. The first kappa shape index (κ1) is 29.3. The summed E-state index contributed by atoms with van der Waals surface area (Å²) < 4.78 is 5.90. The van der Waals surface area contributed by atoms with Crippen molar-refractivity contribution in [3.63, 3.8) is 0 Å². The largest absolute Gasteiger partial charge is 0.494 e. The molecule has 1 unspecified atom stereocenters. The zero-order chi connectivity index (χ0) is 26.5. The molecule has 1 saturated carbocycles. The van der Waals surface area contributed by atoms with Crippen LogP contribution in [0.1, 0.15) is 123 Å². The van der Waals surface area contributed by atoms with Crippen LogP contribution < -0.4 is 4.74 Å². The van der Waals surface area contributed by atoms with Crippen molar-refractivity contribution in [1.82, 2.24) is 0 Å². The molecule has 0 heterocycles. The summed E-state index contributed by atoms with van der Waals surface area (Å²) in [6, 6.07) is 20.4. The van der Waals surface area contributed by atoms with Crippen molar-refractivity contribution in [2.24, 2.45) is 17.3 Å². The van der Waals surface area contributed by atoms with Gasteiger partial charge < -0.3 is 4.74 Å². The Balaban J connectivity index is 1.46. The fraction of sp³-hybridized carbons (Fsp3) is 0.629. The fourth-order valence-corrected chi connectivity index (χ4v) is 5.87. The summed E-state index contributed by atoms with van der Waals surface area (Å²) in [7, 11) is 0. The third kappa shape index (κ3) is 9.52. The second kappa shape index (κ2) is 15.2. The van der Waals surface area contributed by atoms with Crippen LogP contribution in [0.25, 0.3) is 11.1 Å². The van der Waals surface area contributed by atoms with Gasteiger partial charge in [-0.25, -0.2) is 0 Å². The van der Waals surface area contributed by atoms with Crippen molar-refractivity contribution in [3.05, 3.63) is 54.1 Å². The van der Waals surface area contributed by atoms with E-state index in [1.807, 2.05) is 0 Å². The minimum Gasteiger partial charge on any atom is -0.494 e.